The number of nitrogens with zero attached hydrogens (tertiary/aromatic N) is 1. The second kappa shape index (κ2) is 5.47. The van der Waals surface area contributed by atoms with Crippen molar-refractivity contribution in [1.82, 2.24) is 10.3 Å². The van der Waals surface area contributed by atoms with E-state index in [0.29, 0.717) is 5.13 Å². The summed E-state index contributed by atoms with van der Waals surface area (Å²) in [5, 5.41) is 6.17. The van der Waals surface area contributed by atoms with Crippen LogP contribution in [0.3, 0.4) is 0 Å². The Labute approximate surface area is 95.1 Å². The highest BCUT2D eigenvalue weighted by atomic mass is 32.1. The molecule has 0 saturated heterocycles. The van der Waals surface area contributed by atoms with Gasteiger partial charge in [0.05, 0.1) is 5.69 Å². The average molecular weight is 225 g/mol. The molecule has 0 radical (unpaired) electrons. The highest BCUT2D eigenvalue weighted by molar-refractivity contribution is 7.13. The minimum Gasteiger partial charge on any atom is -0.375 e. The van der Waals surface area contributed by atoms with Gasteiger partial charge in [0.25, 0.3) is 0 Å². The Hall–Kier alpha value is -0.610. The van der Waals surface area contributed by atoms with Gasteiger partial charge >= 0.3 is 0 Å². The van der Waals surface area contributed by atoms with E-state index in [2.05, 4.69) is 10.3 Å². The van der Waals surface area contributed by atoms with Crippen molar-refractivity contribution in [3.05, 3.63) is 11.1 Å². The molecule has 0 aromatic carbocycles. The Morgan fingerprint density at radius 1 is 1.47 bits per heavy atom. The van der Waals surface area contributed by atoms with Crippen molar-refractivity contribution in [3.8, 4) is 0 Å². The van der Waals surface area contributed by atoms with Crippen LogP contribution in [0.15, 0.2) is 5.38 Å². The Kier molecular flexibility index (Phi) is 3.97. The van der Waals surface area contributed by atoms with E-state index in [1.54, 1.807) is 0 Å². The van der Waals surface area contributed by atoms with E-state index in [9.17, 15) is 0 Å². The van der Waals surface area contributed by atoms with Gasteiger partial charge in [0, 0.05) is 18.3 Å². The smallest absolute Gasteiger partial charge is 0.180 e. The molecule has 1 saturated carbocycles. The topological polar surface area (TPSA) is 50.9 Å². The first-order chi connectivity index (χ1) is 7.34. The molecule has 1 heterocycles. The van der Waals surface area contributed by atoms with Gasteiger partial charge in [0.2, 0.25) is 0 Å². The van der Waals surface area contributed by atoms with E-state index in [1.165, 1.54) is 37.0 Å². The van der Waals surface area contributed by atoms with Crippen molar-refractivity contribution in [2.45, 2.75) is 32.1 Å². The molecule has 0 unspecified atom stereocenters. The summed E-state index contributed by atoms with van der Waals surface area (Å²) in [4.78, 5) is 4.22. The third-order valence-electron chi connectivity index (χ3n) is 2.79. The van der Waals surface area contributed by atoms with Gasteiger partial charge in [-0.05, 0) is 25.3 Å². The maximum Gasteiger partial charge on any atom is 0.180 e. The molecular formula is C11H19N3S. The van der Waals surface area contributed by atoms with Crippen molar-refractivity contribution in [2.24, 2.45) is 5.92 Å². The first kappa shape index (κ1) is 10.9. The number of hydrogen-bond acceptors (Lipinski definition) is 4. The maximum absolute atomic E-state index is 5.56. The van der Waals surface area contributed by atoms with Gasteiger partial charge in [0.1, 0.15) is 0 Å². The first-order valence-electron chi connectivity index (χ1n) is 5.75. The van der Waals surface area contributed by atoms with Crippen molar-refractivity contribution >= 4 is 16.5 Å². The highest BCUT2D eigenvalue weighted by Gasteiger charge is 2.19. The van der Waals surface area contributed by atoms with Crippen LogP contribution < -0.4 is 11.1 Å². The van der Waals surface area contributed by atoms with Crippen LogP contribution in [0.4, 0.5) is 5.13 Å². The molecule has 1 fully saturated rings. The predicted molar refractivity (Wildman–Crippen MR) is 65.1 cm³/mol. The summed E-state index contributed by atoms with van der Waals surface area (Å²) in [6.45, 7) is 2.17. The molecule has 1 aliphatic rings. The Morgan fingerprint density at radius 2 is 2.33 bits per heavy atom. The van der Waals surface area contributed by atoms with Crippen molar-refractivity contribution < 1.29 is 0 Å². The van der Waals surface area contributed by atoms with E-state index < -0.39 is 0 Å². The second-order valence-electron chi connectivity index (χ2n) is 4.26. The fourth-order valence-electron chi connectivity index (χ4n) is 1.70. The van der Waals surface area contributed by atoms with Crippen molar-refractivity contribution in [2.75, 3.05) is 18.8 Å². The molecule has 3 N–H and O–H groups in total. The van der Waals surface area contributed by atoms with Gasteiger partial charge in [-0.15, -0.1) is 11.3 Å². The SMILES string of the molecule is Nc1nc(CCNCCCC2CC2)cs1. The number of aromatic nitrogens is 1. The first-order valence-corrected chi connectivity index (χ1v) is 6.63. The van der Waals surface area contributed by atoms with E-state index in [-0.39, 0.29) is 0 Å². The predicted octanol–water partition coefficient (Wildman–Crippen LogP) is 2.05. The van der Waals surface area contributed by atoms with Crippen LogP contribution in [-0.4, -0.2) is 18.1 Å². The maximum atomic E-state index is 5.56. The third-order valence-corrected chi connectivity index (χ3v) is 3.51. The summed E-state index contributed by atoms with van der Waals surface area (Å²) in [5.41, 5.74) is 6.68. The Morgan fingerprint density at radius 3 is 3.00 bits per heavy atom. The molecule has 84 valence electrons. The van der Waals surface area contributed by atoms with Crippen LogP contribution in [0, 0.1) is 5.92 Å². The third kappa shape index (κ3) is 4.18. The number of anilines is 1. The molecule has 3 nitrogen and oxygen atoms in total. The molecule has 0 spiro atoms. The lowest BCUT2D eigenvalue weighted by atomic mass is 10.2. The summed E-state index contributed by atoms with van der Waals surface area (Å²) >= 11 is 1.52. The van der Waals surface area contributed by atoms with Gasteiger partial charge in [-0.25, -0.2) is 4.98 Å². The fraction of sp³-hybridized carbons (Fsp3) is 0.727. The normalized spacial score (nSPS) is 15.7. The second-order valence-corrected chi connectivity index (χ2v) is 5.15. The van der Waals surface area contributed by atoms with E-state index >= 15 is 0 Å². The van der Waals surface area contributed by atoms with Crippen LogP contribution in [0.2, 0.25) is 0 Å². The number of nitrogen functional groups attached to an aromatic ring is 1. The zero-order valence-corrected chi connectivity index (χ0v) is 9.85. The van der Waals surface area contributed by atoms with Gasteiger partial charge in [-0.2, -0.15) is 0 Å². The molecule has 1 aromatic heterocycles. The lowest BCUT2D eigenvalue weighted by Gasteiger charge is -2.02. The van der Waals surface area contributed by atoms with Gasteiger partial charge in [0.15, 0.2) is 5.13 Å². The summed E-state index contributed by atoms with van der Waals surface area (Å²) in [7, 11) is 0. The van der Waals surface area contributed by atoms with Gasteiger partial charge in [-0.3, -0.25) is 0 Å². The summed E-state index contributed by atoms with van der Waals surface area (Å²) in [6.07, 6.45) is 6.67. The van der Waals surface area contributed by atoms with Crippen molar-refractivity contribution in [3.63, 3.8) is 0 Å². The summed E-state index contributed by atoms with van der Waals surface area (Å²) in [6, 6.07) is 0. The van der Waals surface area contributed by atoms with E-state index in [4.69, 9.17) is 5.73 Å². The number of nitrogens with two attached hydrogens (primary N) is 1. The molecule has 4 heteroatoms. The molecule has 2 rings (SSSR count). The lowest BCUT2D eigenvalue weighted by molar-refractivity contribution is 0.593. The minimum atomic E-state index is 0.679. The number of rotatable bonds is 7. The number of hydrogen-bond donors (Lipinski definition) is 2. The number of thiazole rings is 1. The van der Waals surface area contributed by atoms with Crippen molar-refractivity contribution in [1.29, 1.82) is 0 Å². The van der Waals surface area contributed by atoms with Crippen LogP contribution in [0.1, 0.15) is 31.4 Å². The van der Waals surface area contributed by atoms with Crippen LogP contribution >= 0.6 is 11.3 Å². The summed E-state index contributed by atoms with van der Waals surface area (Å²) < 4.78 is 0. The molecule has 15 heavy (non-hydrogen) atoms. The van der Waals surface area contributed by atoms with Crippen LogP contribution in [0.25, 0.3) is 0 Å². The lowest BCUT2D eigenvalue weighted by Crippen LogP contribution is -2.18. The molecule has 0 aliphatic heterocycles. The Balaban J connectivity index is 1.47. The Bertz CT molecular complexity index is 294. The average Bonchev–Trinajstić information content (AvgIpc) is 2.95. The standard InChI is InChI=1S/C11H19N3S/c12-11-14-10(8-15-11)5-7-13-6-1-2-9-3-4-9/h8-9,13H,1-7H2,(H2,12,14). The highest BCUT2D eigenvalue weighted by Crippen LogP contribution is 2.33. The van der Waals surface area contributed by atoms with Crippen LogP contribution in [0.5, 0.6) is 0 Å². The quantitative estimate of drug-likeness (QED) is 0.698. The van der Waals surface area contributed by atoms with E-state index in [1.807, 2.05) is 5.38 Å². The molecule has 1 aromatic rings. The zero-order chi connectivity index (χ0) is 10.5. The fourth-order valence-corrected chi connectivity index (χ4v) is 2.30. The monoisotopic (exact) mass is 225 g/mol. The zero-order valence-electron chi connectivity index (χ0n) is 9.04. The molecule has 1 aliphatic carbocycles. The largest absolute Gasteiger partial charge is 0.375 e. The summed E-state index contributed by atoms with van der Waals surface area (Å²) in [5.74, 6) is 1.06. The molecule has 0 atom stereocenters. The van der Waals surface area contributed by atoms with Gasteiger partial charge in [-0.1, -0.05) is 12.8 Å². The van der Waals surface area contributed by atoms with E-state index in [0.717, 1.165) is 31.1 Å². The molecular weight excluding hydrogens is 206 g/mol. The van der Waals surface area contributed by atoms with Crippen LogP contribution in [-0.2, 0) is 6.42 Å². The number of nitrogens with one attached hydrogen (secondary N) is 1. The minimum absolute atomic E-state index is 0.679. The molecule has 0 amide bonds. The molecule has 0 bridgehead atoms. The van der Waals surface area contributed by atoms with Gasteiger partial charge < -0.3 is 11.1 Å².